The smallest absolute Gasteiger partial charge is 0.0979 e. The van der Waals surface area contributed by atoms with Crippen LogP contribution in [0.2, 0.25) is 20.1 Å². The molecule has 0 amide bonds. The average molecular weight is 544 g/mol. The Hall–Kier alpha value is -3.28. The average Bonchev–Trinajstić information content (AvgIpc) is 2.88. The van der Waals surface area contributed by atoms with E-state index in [4.69, 9.17) is 66.3 Å². The van der Waals surface area contributed by atoms with Crippen LogP contribution in [0.1, 0.15) is 0 Å². The summed E-state index contributed by atoms with van der Waals surface area (Å²) in [6, 6.07) is 19.4. The number of fused-ring (bicyclic) bond motifs is 8. The summed E-state index contributed by atoms with van der Waals surface area (Å²) in [5.74, 6) is 0. The number of hydrogen-bond acceptors (Lipinski definition) is 4. The van der Waals surface area contributed by atoms with Crippen molar-refractivity contribution in [3.63, 3.8) is 0 Å². The molecule has 0 unspecified atom stereocenters. The number of benzene rings is 6. The lowest BCUT2D eigenvalue weighted by Gasteiger charge is -2.16. The summed E-state index contributed by atoms with van der Waals surface area (Å²) in [7, 11) is 0. The molecular formula is C28H10Cl4N4. The fourth-order valence-corrected chi connectivity index (χ4v) is 5.92. The van der Waals surface area contributed by atoms with Gasteiger partial charge in [-0.05, 0) is 24.3 Å². The van der Waals surface area contributed by atoms with E-state index in [1.165, 1.54) is 0 Å². The number of halogens is 4. The van der Waals surface area contributed by atoms with Crippen LogP contribution in [0.15, 0.2) is 60.7 Å². The highest BCUT2D eigenvalue weighted by Crippen LogP contribution is 2.44. The van der Waals surface area contributed by atoms with Crippen LogP contribution in [0.5, 0.6) is 0 Å². The molecule has 8 heteroatoms. The Labute approximate surface area is 222 Å². The Morgan fingerprint density at radius 3 is 0.889 bits per heavy atom. The molecule has 0 N–H and O–H groups in total. The molecule has 0 radical (unpaired) electrons. The molecule has 0 saturated heterocycles. The van der Waals surface area contributed by atoms with Gasteiger partial charge in [0.05, 0.1) is 64.2 Å². The SMILES string of the molecule is Clc1cc2nc3c4cccc5c6nc7cc(Cl)c(Cl)cc7nc6c6cccc(c3nc2cc1Cl)c6c45. The van der Waals surface area contributed by atoms with Crippen LogP contribution in [0.25, 0.3) is 76.5 Å². The summed E-state index contributed by atoms with van der Waals surface area (Å²) in [6.45, 7) is 0. The Morgan fingerprint density at radius 1 is 0.389 bits per heavy atom. The lowest BCUT2D eigenvalue weighted by atomic mass is 9.91. The zero-order valence-corrected chi connectivity index (χ0v) is 21.1. The quantitative estimate of drug-likeness (QED) is 0.141. The second-order valence-electron chi connectivity index (χ2n) is 8.81. The Morgan fingerprint density at radius 2 is 0.639 bits per heavy atom. The van der Waals surface area contributed by atoms with E-state index in [0.29, 0.717) is 42.2 Å². The van der Waals surface area contributed by atoms with Crippen molar-refractivity contribution in [2.45, 2.75) is 0 Å². The van der Waals surface area contributed by atoms with Gasteiger partial charge in [-0.15, -0.1) is 0 Å². The second kappa shape index (κ2) is 7.15. The molecule has 2 heterocycles. The van der Waals surface area contributed by atoms with Crippen molar-refractivity contribution in [3.8, 4) is 0 Å². The molecule has 8 aromatic rings. The predicted molar refractivity (Wildman–Crippen MR) is 151 cm³/mol. The van der Waals surface area contributed by atoms with Crippen LogP contribution in [-0.2, 0) is 0 Å². The number of nitrogens with zero attached hydrogens (tertiary/aromatic N) is 4. The fraction of sp³-hybridized carbons (Fsp3) is 0. The van der Waals surface area contributed by atoms with Crippen molar-refractivity contribution in [3.05, 3.63) is 80.8 Å². The third-order valence-corrected chi connectivity index (χ3v) is 8.26. The maximum absolute atomic E-state index is 6.30. The molecule has 0 spiro atoms. The lowest BCUT2D eigenvalue weighted by molar-refractivity contribution is 1.41. The highest BCUT2D eigenvalue weighted by molar-refractivity contribution is 6.44. The summed E-state index contributed by atoms with van der Waals surface area (Å²) in [4.78, 5) is 20.0. The van der Waals surface area contributed by atoms with Gasteiger partial charge in [-0.25, -0.2) is 19.9 Å². The predicted octanol–water partition coefficient (Wildman–Crippen LogP) is 9.39. The van der Waals surface area contributed by atoms with Gasteiger partial charge in [0.25, 0.3) is 0 Å². The van der Waals surface area contributed by atoms with E-state index in [1.54, 1.807) is 24.3 Å². The summed E-state index contributed by atoms with van der Waals surface area (Å²) in [5.41, 5.74) is 5.96. The highest BCUT2D eigenvalue weighted by Gasteiger charge is 2.20. The van der Waals surface area contributed by atoms with E-state index in [1.807, 2.05) is 12.1 Å². The monoisotopic (exact) mass is 542 g/mol. The van der Waals surface area contributed by atoms with Crippen LogP contribution in [-0.4, -0.2) is 19.9 Å². The molecular weight excluding hydrogens is 534 g/mol. The second-order valence-corrected chi connectivity index (χ2v) is 10.4. The maximum Gasteiger partial charge on any atom is 0.0979 e. The van der Waals surface area contributed by atoms with Gasteiger partial charge in [-0.2, -0.15) is 0 Å². The first-order valence-electron chi connectivity index (χ1n) is 11.1. The van der Waals surface area contributed by atoms with Crippen LogP contribution < -0.4 is 0 Å². The zero-order chi connectivity index (χ0) is 24.3. The molecule has 4 nitrogen and oxygen atoms in total. The van der Waals surface area contributed by atoms with Crippen molar-refractivity contribution in [1.29, 1.82) is 0 Å². The molecule has 0 aliphatic heterocycles. The zero-order valence-electron chi connectivity index (χ0n) is 18.1. The number of rotatable bonds is 0. The molecule has 0 fully saturated rings. The van der Waals surface area contributed by atoms with E-state index < -0.39 is 0 Å². The van der Waals surface area contributed by atoms with Crippen molar-refractivity contribution >= 4 is 123 Å². The summed E-state index contributed by atoms with van der Waals surface area (Å²) >= 11 is 25.2. The van der Waals surface area contributed by atoms with E-state index in [0.717, 1.165) is 54.4 Å². The fourth-order valence-electron chi connectivity index (χ4n) is 5.29. The molecule has 8 rings (SSSR count). The first-order valence-corrected chi connectivity index (χ1v) is 12.6. The Balaban J connectivity index is 1.67. The number of aromatic nitrogens is 4. The third kappa shape index (κ3) is 2.67. The minimum absolute atomic E-state index is 0.446. The molecule has 170 valence electrons. The Bertz CT molecular complexity index is 1950. The van der Waals surface area contributed by atoms with Crippen LogP contribution in [0.4, 0.5) is 0 Å². The van der Waals surface area contributed by atoms with Crippen LogP contribution in [0.3, 0.4) is 0 Å². The van der Waals surface area contributed by atoms with E-state index in [2.05, 4.69) is 24.3 Å². The van der Waals surface area contributed by atoms with Gasteiger partial charge in [0.1, 0.15) is 0 Å². The first-order chi connectivity index (χ1) is 17.5. The van der Waals surface area contributed by atoms with Crippen molar-refractivity contribution < 1.29 is 0 Å². The van der Waals surface area contributed by atoms with Gasteiger partial charge in [-0.1, -0.05) is 82.8 Å². The minimum atomic E-state index is 0.446. The van der Waals surface area contributed by atoms with Gasteiger partial charge < -0.3 is 0 Å². The van der Waals surface area contributed by atoms with Gasteiger partial charge in [0.15, 0.2) is 0 Å². The molecule has 0 saturated carbocycles. The van der Waals surface area contributed by atoms with E-state index in [-0.39, 0.29) is 0 Å². The molecule has 2 aromatic heterocycles. The molecule has 0 aliphatic carbocycles. The van der Waals surface area contributed by atoms with Crippen molar-refractivity contribution in [2.24, 2.45) is 0 Å². The normalized spacial score (nSPS) is 12.4. The van der Waals surface area contributed by atoms with Crippen molar-refractivity contribution in [1.82, 2.24) is 19.9 Å². The molecule has 0 aliphatic rings. The molecule has 36 heavy (non-hydrogen) atoms. The molecule has 0 atom stereocenters. The van der Waals surface area contributed by atoms with Gasteiger partial charge in [0.2, 0.25) is 0 Å². The maximum atomic E-state index is 6.30. The van der Waals surface area contributed by atoms with Gasteiger partial charge in [-0.3, -0.25) is 0 Å². The standard InChI is InChI=1S/C28H10Cl4N4/c29-15-7-19-21(9-17(15)31)35-27-13-5-2-6-14-24(13)23-11(25(27)33-19)3-1-4-12(23)26-28(14)36-22-10-18(32)16(30)8-20(22)34-26/h1-10H. The van der Waals surface area contributed by atoms with Gasteiger partial charge in [0, 0.05) is 32.3 Å². The van der Waals surface area contributed by atoms with Crippen LogP contribution in [0, 0.1) is 0 Å². The Kier molecular flexibility index (Phi) is 4.14. The summed E-state index contributed by atoms with van der Waals surface area (Å²) < 4.78 is 0. The number of hydrogen-bond donors (Lipinski definition) is 0. The van der Waals surface area contributed by atoms with Crippen molar-refractivity contribution in [2.75, 3.05) is 0 Å². The van der Waals surface area contributed by atoms with Crippen LogP contribution >= 0.6 is 46.4 Å². The molecule has 0 bridgehead atoms. The third-order valence-electron chi connectivity index (χ3n) is 6.81. The summed E-state index contributed by atoms with van der Waals surface area (Å²) in [5, 5.41) is 7.90. The van der Waals surface area contributed by atoms with Gasteiger partial charge >= 0.3 is 0 Å². The highest BCUT2D eigenvalue weighted by atomic mass is 35.5. The summed E-state index contributed by atoms with van der Waals surface area (Å²) in [6.07, 6.45) is 0. The first kappa shape index (κ1) is 20.9. The minimum Gasteiger partial charge on any atom is -0.244 e. The van der Waals surface area contributed by atoms with E-state index in [9.17, 15) is 0 Å². The van der Waals surface area contributed by atoms with E-state index >= 15 is 0 Å². The lowest BCUT2D eigenvalue weighted by Crippen LogP contribution is -1.96. The molecule has 6 aromatic carbocycles. The largest absolute Gasteiger partial charge is 0.244 e. The topological polar surface area (TPSA) is 51.6 Å².